The first-order valence-electron chi connectivity index (χ1n) is 17.8. The summed E-state index contributed by atoms with van der Waals surface area (Å²) < 4.78 is 2.37. The van der Waals surface area contributed by atoms with Crippen molar-refractivity contribution in [3.05, 3.63) is 206 Å². The average Bonchev–Trinajstić information content (AvgIpc) is 3.55. The zero-order valence-corrected chi connectivity index (χ0v) is 28.5. The molecule has 9 aromatic carbocycles. The van der Waals surface area contributed by atoms with Gasteiger partial charge in [-0.05, 0) is 123 Å². The summed E-state index contributed by atoms with van der Waals surface area (Å²) in [6.07, 6.45) is 0. The van der Waals surface area contributed by atoms with Gasteiger partial charge >= 0.3 is 0 Å². The van der Waals surface area contributed by atoms with Crippen molar-refractivity contribution < 1.29 is 0 Å². The molecule has 0 saturated carbocycles. The summed E-state index contributed by atoms with van der Waals surface area (Å²) in [5, 5.41) is 7.41. The van der Waals surface area contributed by atoms with Crippen molar-refractivity contribution in [2.45, 2.75) is 0 Å². The number of rotatable bonds is 6. The van der Waals surface area contributed by atoms with E-state index in [0.717, 1.165) is 22.7 Å². The molecule has 0 spiro atoms. The third kappa shape index (κ3) is 5.21. The van der Waals surface area contributed by atoms with E-state index in [0.29, 0.717) is 0 Å². The second kappa shape index (κ2) is 12.5. The molecule has 0 saturated heterocycles. The van der Waals surface area contributed by atoms with Crippen LogP contribution in [0.4, 0.5) is 17.1 Å². The fraction of sp³-hybridized carbons (Fsp3) is 0. The van der Waals surface area contributed by atoms with Crippen molar-refractivity contribution in [3.63, 3.8) is 0 Å². The van der Waals surface area contributed by atoms with E-state index in [1.54, 1.807) is 0 Å². The van der Waals surface area contributed by atoms with Gasteiger partial charge in [-0.3, -0.25) is 0 Å². The summed E-state index contributed by atoms with van der Waals surface area (Å²) >= 11 is 0. The predicted octanol–water partition coefficient (Wildman–Crippen LogP) is 13.9. The molecule has 10 rings (SSSR count). The Hall–Kier alpha value is -6.90. The highest BCUT2D eigenvalue weighted by Gasteiger charge is 2.17. The van der Waals surface area contributed by atoms with Gasteiger partial charge in [0.15, 0.2) is 0 Å². The zero-order valence-electron chi connectivity index (χ0n) is 28.5. The molecule has 0 fully saturated rings. The molecule has 0 amide bonds. The third-order valence-corrected chi connectivity index (χ3v) is 10.3. The van der Waals surface area contributed by atoms with Crippen molar-refractivity contribution in [1.29, 1.82) is 0 Å². The van der Waals surface area contributed by atoms with E-state index in [9.17, 15) is 0 Å². The lowest BCUT2D eigenvalue weighted by Crippen LogP contribution is -2.09. The lowest BCUT2D eigenvalue weighted by atomic mass is 9.96. The largest absolute Gasteiger partial charge is 0.310 e. The van der Waals surface area contributed by atoms with Crippen molar-refractivity contribution in [2.24, 2.45) is 0 Å². The highest BCUT2D eigenvalue weighted by atomic mass is 15.1. The molecular formula is C50H34N2. The van der Waals surface area contributed by atoms with Crippen LogP contribution in [-0.4, -0.2) is 4.57 Å². The van der Waals surface area contributed by atoms with Crippen LogP contribution in [0.15, 0.2) is 206 Å². The third-order valence-electron chi connectivity index (χ3n) is 10.3. The lowest BCUT2D eigenvalue weighted by molar-refractivity contribution is 1.18. The Morgan fingerprint density at radius 2 is 0.846 bits per heavy atom. The molecule has 2 heteroatoms. The summed E-state index contributed by atoms with van der Waals surface area (Å²) in [5.41, 5.74) is 11.8. The molecule has 2 nitrogen and oxygen atoms in total. The van der Waals surface area contributed by atoms with E-state index in [1.807, 2.05) is 0 Å². The molecule has 0 aliphatic carbocycles. The van der Waals surface area contributed by atoms with Gasteiger partial charge < -0.3 is 9.47 Å². The molecule has 0 aliphatic rings. The second-order valence-electron chi connectivity index (χ2n) is 13.4. The van der Waals surface area contributed by atoms with E-state index in [-0.39, 0.29) is 0 Å². The van der Waals surface area contributed by atoms with Crippen molar-refractivity contribution in [2.75, 3.05) is 4.90 Å². The number of aromatic nitrogens is 1. The van der Waals surface area contributed by atoms with Gasteiger partial charge in [0.05, 0.1) is 11.0 Å². The van der Waals surface area contributed by atoms with Gasteiger partial charge in [-0.2, -0.15) is 0 Å². The normalized spacial score (nSPS) is 11.5. The molecule has 0 atom stereocenters. The Morgan fingerprint density at radius 1 is 0.288 bits per heavy atom. The number of nitrogens with zero attached hydrogens (tertiary/aromatic N) is 2. The molecule has 0 N–H and O–H groups in total. The first kappa shape index (κ1) is 30.0. The molecule has 10 aromatic rings. The van der Waals surface area contributed by atoms with Gasteiger partial charge in [0.25, 0.3) is 0 Å². The van der Waals surface area contributed by atoms with Crippen LogP contribution in [0.3, 0.4) is 0 Å². The maximum Gasteiger partial charge on any atom is 0.0542 e. The fourth-order valence-corrected chi connectivity index (χ4v) is 7.78. The minimum Gasteiger partial charge on any atom is -0.310 e. The lowest BCUT2D eigenvalue weighted by Gasteiger charge is -2.26. The summed E-state index contributed by atoms with van der Waals surface area (Å²) in [6, 6.07) is 74.7. The first-order valence-corrected chi connectivity index (χ1v) is 17.8. The van der Waals surface area contributed by atoms with Gasteiger partial charge in [0, 0.05) is 33.5 Å². The molecule has 1 heterocycles. The summed E-state index contributed by atoms with van der Waals surface area (Å²) in [6.45, 7) is 0. The van der Waals surface area contributed by atoms with E-state index in [1.165, 1.54) is 65.6 Å². The van der Waals surface area contributed by atoms with Crippen LogP contribution in [0.25, 0.3) is 71.3 Å². The molecule has 244 valence electrons. The van der Waals surface area contributed by atoms with Gasteiger partial charge in [-0.15, -0.1) is 0 Å². The van der Waals surface area contributed by atoms with Gasteiger partial charge in [0.2, 0.25) is 0 Å². The van der Waals surface area contributed by atoms with E-state index in [2.05, 4.69) is 216 Å². The molecular weight excluding hydrogens is 629 g/mol. The number of hydrogen-bond acceptors (Lipinski definition) is 1. The number of fused-ring (bicyclic) bond motifs is 5. The molecule has 1 aromatic heterocycles. The van der Waals surface area contributed by atoms with Crippen LogP contribution in [0.2, 0.25) is 0 Å². The van der Waals surface area contributed by atoms with Crippen molar-refractivity contribution >= 4 is 60.4 Å². The standard InChI is InChI=1S/C50H34N2/c1-3-16-43(17-4-1)51(46-28-29-50-48(34-46)47-20-9-10-21-49(47)52(50)44-18-5-2-6-19-44)45-27-26-36-23-25-41(32-42(36)33-45)39-15-11-14-38(31-39)40-24-22-35-12-7-8-13-37(35)30-40/h1-34H. The van der Waals surface area contributed by atoms with Crippen LogP contribution in [0, 0.1) is 0 Å². The zero-order chi connectivity index (χ0) is 34.4. The van der Waals surface area contributed by atoms with Crippen molar-refractivity contribution in [3.8, 4) is 27.9 Å². The maximum atomic E-state index is 2.38. The Labute approximate surface area is 303 Å². The van der Waals surface area contributed by atoms with Crippen LogP contribution >= 0.6 is 0 Å². The van der Waals surface area contributed by atoms with E-state index in [4.69, 9.17) is 0 Å². The Bertz CT molecular complexity index is 2900. The summed E-state index contributed by atoms with van der Waals surface area (Å²) in [4.78, 5) is 2.38. The first-order chi connectivity index (χ1) is 25.8. The fourth-order valence-electron chi connectivity index (χ4n) is 7.78. The SMILES string of the molecule is c1ccc(N(c2ccc3ccc(-c4cccc(-c5ccc6ccccc6c5)c4)cc3c2)c2ccc3c(c2)c2ccccc2n3-c2ccccc2)cc1. The number of hydrogen-bond donors (Lipinski definition) is 0. The number of anilines is 3. The molecule has 0 bridgehead atoms. The highest BCUT2D eigenvalue weighted by molar-refractivity contribution is 6.10. The van der Waals surface area contributed by atoms with E-state index < -0.39 is 0 Å². The number of para-hydroxylation sites is 3. The van der Waals surface area contributed by atoms with E-state index >= 15 is 0 Å². The predicted molar refractivity (Wildman–Crippen MR) is 221 cm³/mol. The quantitative estimate of drug-likeness (QED) is 0.172. The van der Waals surface area contributed by atoms with Crippen LogP contribution in [0.5, 0.6) is 0 Å². The maximum absolute atomic E-state index is 2.38. The van der Waals surface area contributed by atoms with Crippen molar-refractivity contribution in [1.82, 2.24) is 4.57 Å². The average molecular weight is 663 g/mol. The van der Waals surface area contributed by atoms with Crippen LogP contribution in [0.1, 0.15) is 0 Å². The van der Waals surface area contributed by atoms with Gasteiger partial charge in [-0.25, -0.2) is 0 Å². The second-order valence-corrected chi connectivity index (χ2v) is 13.4. The topological polar surface area (TPSA) is 8.17 Å². The summed E-state index contributed by atoms with van der Waals surface area (Å²) in [7, 11) is 0. The molecule has 52 heavy (non-hydrogen) atoms. The smallest absolute Gasteiger partial charge is 0.0542 e. The van der Waals surface area contributed by atoms with Crippen LogP contribution in [-0.2, 0) is 0 Å². The molecule has 0 aliphatic heterocycles. The van der Waals surface area contributed by atoms with Gasteiger partial charge in [-0.1, -0.05) is 127 Å². The van der Waals surface area contributed by atoms with Gasteiger partial charge in [0.1, 0.15) is 0 Å². The minimum atomic E-state index is 1.12. The Morgan fingerprint density at radius 3 is 1.63 bits per heavy atom. The Balaban J connectivity index is 1.08. The monoisotopic (exact) mass is 662 g/mol. The number of benzene rings is 9. The molecule has 0 unspecified atom stereocenters. The Kier molecular flexibility index (Phi) is 7.18. The summed E-state index contributed by atoms with van der Waals surface area (Å²) in [5.74, 6) is 0. The van der Waals surface area contributed by atoms with Crippen LogP contribution < -0.4 is 4.90 Å². The highest BCUT2D eigenvalue weighted by Crippen LogP contribution is 2.41. The molecule has 0 radical (unpaired) electrons. The minimum absolute atomic E-state index is 1.12.